The van der Waals surface area contributed by atoms with Gasteiger partial charge in [0.2, 0.25) is 0 Å². The molecule has 0 saturated carbocycles. The predicted molar refractivity (Wildman–Crippen MR) is 150 cm³/mol. The molecule has 0 saturated heterocycles. The molecule has 3 aromatic carbocycles. The fourth-order valence-electron chi connectivity index (χ4n) is 4.30. The number of hydrogen-bond acceptors (Lipinski definition) is 3. The summed E-state index contributed by atoms with van der Waals surface area (Å²) in [6.45, 7) is 7.92. The van der Waals surface area contributed by atoms with Crippen molar-refractivity contribution < 1.29 is 9.53 Å². The van der Waals surface area contributed by atoms with Gasteiger partial charge in [0, 0.05) is 16.6 Å². The van der Waals surface area contributed by atoms with Crippen molar-refractivity contribution >= 4 is 32.9 Å². The van der Waals surface area contributed by atoms with Gasteiger partial charge in [-0.3, -0.25) is 4.79 Å². The van der Waals surface area contributed by atoms with Crippen molar-refractivity contribution in [3.63, 3.8) is 0 Å². The van der Waals surface area contributed by atoms with Crippen molar-refractivity contribution in [2.75, 3.05) is 6.61 Å². The number of nitrogens with one attached hydrogen (secondary N) is 1. The maximum Gasteiger partial charge on any atom is 0.251 e. The second-order valence-corrected chi connectivity index (χ2v) is 10.2. The van der Waals surface area contributed by atoms with Crippen LogP contribution in [-0.2, 0) is 6.54 Å². The number of aryl methyl sites for hydroxylation is 1. The number of fused-ring (bicyclic) bond motifs is 1. The molecule has 0 radical (unpaired) electrons. The third-order valence-electron chi connectivity index (χ3n) is 6.63. The first kappa shape index (κ1) is 26.0. The Morgan fingerprint density at radius 2 is 1.72 bits per heavy atom. The van der Waals surface area contributed by atoms with Gasteiger partial charge in [-0.05, 0) is 86.2 Å². The molecular weight excluding hydrogens is 514 g/mol. The standard InChI is InChI=1S/C30H34BrN3O2/c1-4-21(2)23-13-17-26(18-14-23)36-20-8-7-19-34-28-10-6-5-9-27(28)33-29(34)22(3)32-30(35)24-11-15-25(31)16-12-24/h5-6,9-18,21-22H,4,7-8,19-20H2,1-3H3,(H,32,35). The molecule has 1 heterocycles. The van der Waals surface area contributed by atoms with Crippen LogP contribution in [0.2, 0.25) is 0 Å². The molecule has 188 valence electrons. The maximum atomic E-state index is 12.8. The first-order valence-electron chi connectivity index (χ1n) is 12.7. The zero-order valence-corrected chi connectivity index (χ0v) is 22.8. The molecule has 4 aromatic rings. The van der Waals surface area contributed by atoms with E-state index >= 15 is 0 Å². The SMILES string of the molecule is CCC(C)c1ccc(OCCCCn2c(C(C)NC(=O)c3ccc(Br)cc3)nc3ccccc32)cc1. The monoisotopic (exact) mass is 547 g/mol. The molecule has 1 N–H and O–H groups in total. The summed E-state index contributed by atoms with van der Waals surface area (Å²) < 4.78 is 9.15. The molecule has 5 nitrogen and oxygen atoms in total. The highest BCUT2D eigenvalue weighted by Crippen LogP contribution is 2.23. The molecule has 0 aliphatic heterocycles. The van der Waals surface area contributed by atoms with Gasteiger partial charge in [0.1, 0.15) is 11.6 Å². The van der Waals surface area contributed by atoms with Gasteiger partial charge in [-0.2, -0.15) is 0 Å². The number of imidazole rings is 1. The Bertz CT molecular complexity index is 1280. The van der Waals surface area contributed by atoms with Gasteiger partial charge in [-0.15, -0.1) is 0 Å². The molecule has 1 aromatic heterocycles. The molecular formula is C30H34BrN3O2. The highest BCUT2D eigenvalue weighted by atomic mass is 79.9. The van der Waals surface area contributed by atoms with E-state index in [-0.39, 0.29) is 11.9 Å². The number of nitrogens with zero attached hydrogens (tertiary/aromatic N) is 2. The average molecular weight is 549 g/mol. The van der Waals surface area contributed by atoms with Crippen LogP contribution in [0.25, 0.3) is 11.0 Å². The van der Waals surface area contributed by atoms with E-state index in [1.165, 1.54) is 5.56 Å². The number of benzene rings is 3. The number of rotatable bonds is 11. The van der Waals surface area contributed by atoms with Crippen molar-refractivity contribution in [3.8, 4) is 5.75 Å². The number of halogens is 1. The minimum atomic E-state index is -0.228. The van der Waals surface area contributed by atoms with Crippen LogP contribution in [0, 0.1) is 0 Å². The fraction of sp³-hybridized carbons (Fsp3) is 0.333. The van der Waals surface area contributed by atoms with E-state index in [2.05, 4.69) is 70.0 Å². The number of ether oxygens (including phenoxy) is 1. The summed E-state index contributed by atoms with van der Waals surface area (Å²) in [6.07, 6.45) is 3.02. The number of aromatic nitrogens is 2. The van der Waals surface area contributed by atoms with Crippen LogP contribution in [0.4, 0.5) is 0 Å². The molecule has 36 heavy (non-hydrogen) atoms. The minimum Gasteiger partial charge on any atom is -0.494 e. The number of unbranched alkanes of at least 4 members (excludes halogenated alkanes) is 1. The van der Waals surface area contributed by atoms with Crippen LogP contribution in [-0.4, -0.2) is 22.1 Å². The second-order valence-electron chi connectivity index (χ2n) is 9.25. The molecule has 1 amide bonds. The van der Waals surface area contributed by atoms with Crippen LogP contribution in [0.3, 0.4) is 0 Å². The smallest absolute Gasteiger partial charge is 0.251 e. The summed E-state index contributed by atoms with van der Waals surface area (Å²) >= 11 is 3.42. The lowest BCUT2D eigenvalue weighted by Crippen LogP contribution is -2.28. The zero-order valence-electron chi connectivity index (χ0n) is 21.2. The van der Waals surface area contributed by atoms with Crippen LogP contribution in [0.15, 0.2) is 77.3 Å². The molecule has 0 fully saturated rings. The summed E-state index contributed by atoms with van der Waals surface area (Å²) in [5, 5.41) is 3.11. The van der Waals surface area contributed by atoms with Gasteiger partial charge in [0.15, 0.2) is 0 Å². The van der Waals surface area contributed by atoms with Crippen molar-refractivity contribution in [3.05, 3.63) is 94.2 Å². The van der Waals surface area contributed by atoms with E-state index in [0.29, 0.717) is 18.1 Å². The third-order valence-corrected chi connectivity index (χ3v) is 7.16. The summed E-state index contributed by atoms with van der Waals surface area (Å²) in [5.74, 6) is 2.24. The average Bonchev–Trinajstić information content (AvgIpc) is 3.27. The highest BCUT2D eigenvalue weighted by Gasteiger charge is 2.19. The highest BCUT2D eigenvalue weighted by molar-refractivity contribution is 9.10. The first-order valence-corrected chi connectivity index (χ1v) is 13.5. The maximum absolute atomic E-state index is 12.8. The number of amides is 1. The molecule has 0 bridgehead atoms. The summed E-state index contributed by atoms with van der Waals surface area (Å²) in [4.78, 5) is 17.7. The van der Waals surface area contributed by atoms with Crippen LogP contribution >= 0.6 is 15.9 Å². The lowest BCUT2D eigenvalue weighted by atomic mass is 9.99. The van der Waals surface area contributed by atoms with Gasteiger partial charge in [-0.1, -0.05) is 54.0 Å². The van der Waals surface area contributed by atoms with Crippen LogP contribution in [0.5, 0.6) is 5.75 Å². The Hall–Kier alpha value is -3.12. The molecule has 2 atom stereocenters. The van der Waals surface area contributed by atoms with E-state index in [0.717, 1.165) is 52.9 Å². The van der Waals surface area contributed by atoms with Gasteiger partial charge < -0.3 is 14.6 Å². The topological polar surface area (TPSA) is 56.1 Å². The number of carbonyl (C=O) groups excluding carboxylic acids is 1. The Labute approximate surface area is 222 Å². The van der Waals surface area contributed by atoms with Crippen molar-refractivity contribution in [1.82, 2.24) is 14.9 Å². The number of carbonyl (C=O) groups is 1. The van der Waals surface area contributed by atoms with Crippen molar-refractivity contribution in [1.29, 1.82) is 0 Å². The number of para-hydroxylation sites is 2. The quantitative estimate of drug-likeness (QED) is 0.196. The zero-order chi connectivity index (χ0) is 25.5. The predicted octanol–water partition coefficient (Wildman–Crippen LogP) is 7.66. The molecule has 4 rings (SSSR count). The Morgan fingerprint density at radius 3 is 2.44 bits per heavy atom. The molecule has 0 aliphatic rings. The van der Waals surface area contributed by atoms with Gasteiger partial charge >= 0.3 is 0 Å². The summed E-state index contributed by atoms with van der Waals surface area (Å²) in [5.41, 5.74) is 4.00. The lowest BCUT2D eigenvalue weighted by Gasteiger charge is -2.17. The van der Waals surface area contributed by atoms with E-state index < -0.39 is 0 Å². The van der Waals surface area contributed by atoms with E-state index in [1.807, 2.05) is 49.4 Å². The molecule has 0 spiro atoms. The van der Waals surface area contributed by atoms with Gasteiger partial charge in [-0.25, -0.2) is 4.98 Å². The molecule has 6 heteroatoms. The Morgan fingerprint density at radius 1 is 1.00 bits per heavy atom. The third kappa shape index (κ3) is 6.35. The summed E-state index contributed by atoms with van der Waals surface area (Å²) in [7, 11) is 0. The Balaban J connectivity index is 1.37. The normalized spacial score (nSPS) is 12.9. The largest absolute Gasteiger partial charge is 0.494 e. The van der Waals surface area contributed by atoms with Gasteiger partial charge in [0.25, 0.3) is 5.91 Å². The lowest BCUT2D eigenvalue weighted by molar-refractivity contribution is 0.0937. The van der Waals surface area contributed by atoms with Gasteiger partial charge in [0.05, 0.1) is 23.7 Å². The van der Waals surface area contributed by atoms with Crippen LogP contribution < -0.4 is 10.1 Å². The van der Waals surface area contributed by atoms with Crippen molar-refractivity contribution in [2.45, 2.75) is 58.5 Å². The van der Waals surface area contributed by atoms with Crippen molar-refractivity contribution in [2.24, 2.45) is 0 Å². The minimum absolute atomic E-state index is 0.110. The second kappa shape index (κ2) is 12.2. The Kier molecular flexibility index (Phi) is 8.81. The molecule has 0 aliphatic carbocycles. The molecule has 2 unspecified atom stereocenters. The van der Waals surface area contributed by atoms with E-state index in [4.69, 9.17) is 9.72 Å². The van der Waals surface area contributed by atoms with E-state index in [1.54, 1.807) is 0 Å². The summed E-state index contributed by atoms with van der Waals surface area (Å²) in [6, 6.07) is 23.7. The first-order chi connectivity index (χ1) is 17.5. The number of hydrogen-bond donors (Lipinski definition) is 1. The van der Waals surface area contributed by atoms with Crippen LogP contribution in [0.1, 0.15) is 73.7 Å². The van der Waals surface area contributed by atoms with E-state index in [9.17, 15) is 4.79 Å². The fourth-order valence-corrected chi connectivity index (χ4v) is 4.56.